The van der Waals surface area contributed by atoms with Gasteiger partial charge in [-0.15, -0.1) is 13.2 Å². The molecule has 4 N–H and O–H groups in total. The number of carbonyl (C=O) groups excluding carboxylic acids is 1. The van der Waals surface area contributed by atoms with Gasteiger partial charge in [-0.05, 0) is 30.9 Å². The van der Waals surface area contributed by atoms with E-state index in [1.54, 1.807) is 0 Å². The van der Waals surface area contributed by atoms with Crippen LogP contribution in [0.1, 0.15) is 12.8 Å². The van der Waals surface area contributed by atoms with E-state index >= 15 is 0 Å². The first kappa shape index (κ1) is 16.9. The molecule has 1 aliphatic carbocycles. The molecule has 2 rings (SSSR count). The van der Waals surface area contributed by atoms with Gasteiger partial charge in [0.2, 0.25) is 5.91 Å². The fourth-order valence-electron chi connectivity index (χ4n) is 1.75. The molecule has 0 heterocycles. The predicted octanol–water partition coefficient (Wildman–Crippen LogP) is 1.84. The molecule has 0 aromatic heterocycles. The Bertz CT molecular complexity index is 586. The number of rotatable bonds is 6. The highest BCUT2D eigenvalue weighted by atomic mass is 19.4. The number of alkyl halides is 3. The van der Waals surface area contributed by atoms with Crippen molar-refractivity contribution in [2.45, 2.75) is 19.2 Å². The lowest BCUT2D eigenvalue weighted by atomic mass is 10.3. The molecular formula is C14H17F3N4O2. The van der Waals surface area contributed by atoms with Gasteiger partial charge in [-0.3, -0.25) is 4.79 Å². The fourth-order valence-corrected chi connectivity index (χ4v) is 1.75. The number of para-hydroxylation sites is 2. The predicted molar refractivity (Wildman–Crippen MR) is 79.0 cm³/mol. The van der Waals surface area contributed by atoms with Gasteiger partial charge in [0.05, 0.1) is 5.69 Å². The molecule has 1 saturated carbocycles. The summed E-state index contributed by atoms with van der Waals surface area (Å²) in [5.41, 5.74) is 5.58. The Hall–Kier alpha value is -2.45. The lowest BCUT2D eigenvalue weighted by molar-refractivity contribution is -0.274. The molecule has 0 aliphatic heterocycles. The van der Waals surface area contributed by atoms with E-state index in [2.05, 4.69) is 20.4 Å². The Balaban J connectivity index is 1.89. The van der Waals surface area contributed by atoms with Crippen LogP contribution in [0, 0.1) is 5.92 Å². The first-order valence-corrected chi connectivity index (χ1v) is 7.02. The van der Waals surface area contributed by atoms with Crippen LogP contribution in [0.15, 0.2) is 29.3 Å². The van der Waals surface area contributed by atoms with Crippen molar-refractivity contribution in [3.63, 3.8) is 0 Å². The average Bonchev–Trinajstić information content (AvgIpc) is 3.28. The van der Waals surface area contributed by atoms with Crippen LogP contribution in [0.5, 0.6) is 5.75 Å². The fraction of sp³-hybridized carbons (Fsp3) is 0.429. The van der Waals surface area contributed by atoms with E-state index in [-0.39, 0.29) is 24.1 Å². The molecule has 0 unspecified atom stereocenters. The van der Waals surface area contributed by atoms with Crippen LogP contribution >= 0.6 is 0 Å². The van der Waals surface area contributed by atoms with Gasteiger partial charge >= 0.3 is 6.36 Å². The number of hydrogen-bond donors (Lipinski definition) is 3. The van der Waals surface area contributed by atoms with Gasteiger partial charge in [-0.2, -0.15) is 0 Å². The molecular weight excluding hydrogens is 313 g/mol. The molecule has 1 fully saturated rings. The number of anilines is 1. The second-order valence-electron chi connectivity index (χ2n) is 5.12. The minimum Gasteiger partial charge on any atom is -0.404 e. The molecule has 1 aliphatic rings. The summed E-state index contributed by atoms with van der Waals surface area (Å²) < 4.78 is 40.8. The quantitative estimate of drug-likeness (QED) is 0.548. The van der Waals surface area contributed by atoms with E-state index in [9.17, 15) is 18.0 Å². The van der Waals surface area contributed by atoms with Gasteiger partial charge in [-0.25, -0.2) is 4.99 Å². The molecule has 23 heavy (non-hydrogen) atoms. The number of aliphatic imine (C=N–C) groups is 1. The van der Waals surface area contributed by atoms with Crippen LogP contribution in [-0.4, -0.2) is 31.3 Å². The lowest BCUT2D eigenvalue weighted by Crippen LogP contribution is -2.30. The number of nitrogens with one attached hydrogen (secondary N) is 2. The number of guanidine groups is 1. The molecule has 1 aromatic carbocycles. The van der Waals surface area contributed by atoms with Gasteiger partial charge in [0.15, 0.2) is 11.7 Å². The zero-order valence-electron chi connectivity index (χ0n) is 12.2. The van der Waals surface area contributed by atoms with Gasteiger partial charge < -0.3 is 21.1 Å². The molecule has 6 nitrogen and oxygen atoms in total. The third kappa shape index (κ3) is 6.45. The van der Waals surface area contributed by atoms with E-state index in [0.717, 1.165) is 18.9 Å². The SMILES string of the molecule is NC(=NCC(=O)NCC1CC1)Nc1ccccc1OC(F)(F)F. The van der Waals surface area contributed by atoms with E-state index in [0.29, 0.717) is 12.5 Å². The first-order chi connectivity index (χ1) is 10.8. The molecule has 1 amide bonds. The van der Waals surface area contributed by atoms with Crippen molar-refractivity contribution in [3.8, 4) is 5.75 Å². The minimum absolute atomic E-state index is 0.00413. The molecule has 9 heteroatoms. The number of hydrogen-bond acceptors (Lipinski definition) is 3. The van der Waals surface area contributed by atoms with Crippen LogP contribution < -0.4 is 21.1 Å². The smallest absolute Gasteiger partial charge is 0.404 e. The standard InChI is InChI=1S/C14H17F3N4O2/c15-14(16,17)23-11-4-2-1-3-10(11)21-13(18)20-8-12(22)19-7-9-5-6-9/h1-4,9H,5-8H2,(H,19,22)(H3,18,20,21). The summed E-state index contributed by atoms with van der Waals surface area (Å²) in [4.78, 5) is 15.3. The van der Waals surface area contributed by atoms with Gasteiger partial charge in [-0.1, -0.05) is 12.1 Å². The van der Waals surface area contributed by atoms with Gasteiger partial charge in [0.25, 0.3) is 0 Å². The molecule has 0 atom stereocenters. The normalized spacial score (nSPS) is 15.2. The van der Waals surface area contributed by atoms with Crippen molar-refractivity contribution in [2.75, 3.05) is 18.4 Å². The molecule has 126 valence electrons. The number of ether oxygens (including phenoxy) is 1. The summed E-state index contributed by atoms with van der Waals surface area (Å²) >= 11 is 0. The van der Waals surface area contributed by atoms with Crippen molar-refractivity contribution in [1.29, 1.82) is 0 Å². The number of halogens is 3. The highest BCUT2D eigenvalue weighted by Gasteiger charge is 2.32. The van der Waals surface area contributed by atoms with Crippen LogP contribution in [0.3, 0.4) is 0 Å². The van der Waals surface area contributed by atoms with E-state index in [1.807, 2.05) is 0 Å². The number of benzene rings is 1. The molecule has 0 radical (unpaired) electrons. The zero-order chi connectivity index (χ0) is 16.9. The van der Waals surface area contributed by atoms with Crippen molar-refractivity contribution >= 4 is 17.6 Å². The van der Waals surface area contributed by atoms with Gasteiger partial charge in [0, 0.05) is 6.54 Å². The lowest BCUT2D eigenvalue weighted by Gasteiger charge is -2.14. The first-order valence-electron chi connectivity index (χ1n) is 7.02. The summed E-state index contributed by atoms with van der Waals surface area (Å²) in [6.07, 6.45) is -2.58. The number of nitrogens with two attached hydrogens (primary N) is 1. The maximum atomic E-state index is 12.3. The minimum atomic E-state index is -4.81. The van der Waals surface area contributed by atoms with Crippen LogP contribution in [0.4, 0.5) is 18.9 Å². The molecule has 0 saturated heterocycles. The largest absolute Gasteiger partial charge is 0.573 e. The topological polar surface area (TPSA) is 88.7 Å². The van der Waals surface area contributed by atoms with E-state index in [4.69, 9.17) is 5.73 Å². The maximum absolute atomic E-state index is 12.3. The third-order valence-corrected chi connectivity index (χ3v) is 3.05. The van der Waals surface area contributed by atoms with Crippen molar-refractivity contribution in [1.82, 2.24) is 5.32 Å². The monoisotopic (exact) mass is 330 g/mol. The molecule has 1 aromatic rings. The molecule has 0 bridgehead atoms. The van der Waals surface area contributed by atoms with Crippen molar-refractivity contribution in [2.24, 2.45) is 16.6 Å². The second kappa shape index (κ2) is 7.21. The summed E-state index contributed by atoms with van der Waals surface area (Å²) in [5.74, 6) is -0.354. The highest BCUT2D eigenvalue weighted by Crippen LogP contribution is 2.29. The Morgan fingerprint density at radius 2 is 2.04 bits per heavy atom. The summed E-state index contributed by atoms with van der Waals surface area (Å²) in [7, 11) is 0. The Morgan fingerprint density at radius 1 is 1.35 bits per heavy atom. The third-order valence-electron chi connectivity index (χ3n) is 3.05. The summed E-state index contributed by atoms with van der Waals surface area (Å²) in [6.45, 7) is 0.414. The number of carbonyl (C=O) groups is 1. The number of amides is 1. The Kier molecular flexibility index (Phi) is 5.30. The van der Waals surface area contributed by atoms with Crippen molar-refractivity contribution < 1.29 is 22.7 Å². The summed E-state index contributed by atoms with van der Waals surface area (Å²) in [5, 5.41) is 5.19. The summed E-state index contributed by atoms with van der Waals surface area (Å²) in [6, 6.07) is 5.41. The van der Waals surface area contributed by atoms with E-state index < -0.39 is 12.1 Å². The average molecular weight is 330 g/mol. The van der Waals surface area contributed by atoms with Crippen LogP contribution in [-0.2, 0) is 4.79 Å². The van der Waals surface area contributed by atoms with Gasteiger partial charge in [0.1, 0.15) is 6.54 Å². The van der Waals surface area contributed by atoms with E-state index in [1.165, 1.54) is 18.2 Å². The Labute approximate surface area is 130 Å². The number of nitrogens with zero attached hydrogens (tertiary/aromatic N) is 1. The van der Waals surface area contributed by atoms with Crippen LogP contribution in [0.2, 0.25) is 0 Å². The zero-order valence-corrected chi connectivity index (χ0v) is 12.2. The second-order valence-corrected chi connectivity index (χ2v) is 5.12. The molecule has 0 spiro atoms. The Morgan fingerprint density at radius 3 is 2.70 bits per heavy atom. The highest BCUT2D eigenvalue weighted by molar-refractivity contribution is 5.95. The van der Waals surface area contributed by atoms with Crippen LogP contribution in [0.25, 0.3) is 0 Å². The maximum Gasteiger partial charge on any atom is 0.573 e. The van der Waals surface area contributed by atoms with Crippen molar-refractivity contribution in [3.05, 3.63) is 24.3 Å².